The van der Waals surface area contributed by atoms with Crippen LogP contribution in [0.15, 0.2) is 24.5 Å². The lowest BCUT2D eigenvalue weighted by molar-refractivity contribution is 0.199. The molecule has 0 aliphatic rings. The van der Waals surface area contributed by atoms with E-state index in [-0.39, 0.29) is 12.2 Å². The van der Waals surface area contributed by atoms with Crippen molar-refractivity contribution in [3.05, 3.63) is 30.1 Å². The summed E-state index contributed by atoms with van der Waals surface area (Å²) in [6, 6.07) is 1.94. The van der Waals surface area contributed by atoms with Crippen molar-refractivity contribution in [2.75, 3.05) is 0 Å². The maximum atomic E-state index is 9.11. The van der Waals surface area contributed by atoms with Crippen molar-refractivity contribution < 1.29 is 9.84 Å². The van der Waals surface area contributed by atoms with E-state index < -0.39 is 0 Å². The third kappa shape index (κ3) is 4.94. The molecular formula is C13H19NO2. The first-order chi connectivity index (χ1) is 7.58. The molecule has 0 radical (unpaired) electrons. The lowest BCUT2D eigenvalue weighted by Crippen LogP contribution is -2.05. The van der Waals surface area contributed by atoms with Crippen LogP contribution >= 0.6 is 0 Å². The van der Waals surface area contributed by atoms with E-state index in [1.165, 1.54) is 0 Å². The number of aliphatic hydroxyl groups excluding tert-OH is 1. The van der Waals surface area contributed by atoms with Crippen LogP contribution in [0.4, 0.5) is 0 Å². The highest BCUT2D eigenvalue weighted by molar-refractivity contribution is 5.49. The zero-order chi connectivity index (χ0) is 12.0. The average molecular weight is 221 g/mol. The smallest absolute Gasteiger partial charge is 0.138 e. The maximum Gasteiger partial charge on any atom is 0.138 e. The molecule has 0 amide bonds. The minimum Gasteiger partial charge on any atom is -0.489 e. The molecule has 0 saturated carbocycles. The quantitative estimate of drug-likeness (QED) is 0.831. The van der Waals surface area contributed by atoms with Gasteiger partial charge in [-0.3, -0.25) is 4.98 Å². The number of nitrogens with zero attached hydrogens (tertiary/aromatic N) is 1. The van der Waals surface area contributed by atoms with Gasteiger partial charge in [-0.05, 0) is 38.8 Å². The van der Waals surface area contributed by atoms with Crippen LogP contribution in [0.25, 0.3) is 6.08 Å². The van der Waals surface area contributed by atoms with Crippen molar-refractivity contribution in [2.45, 2.75) is 39.4 Å². The van der Waals surface area contributed by atoms with Crippen molar-refractivity contribution in [1.82, 2.24) is 4.98 Å². The summed E-state index contributed by atoms with van der Waals surface area (Å²) >= 11 is 0. The van der Waals surface area contributed by atoms with Gasteiger partial charge in [0.15, 0.2) is 0 Å². The number of aliphatic hydroxyl groups is 1. The van der Waals surface area contributed by atoms with E-state index >= 15 is 0 Å². The summed E-state index contributed by atoms with van der Waals surface area (Å²) in [5.41, 5.74) is 0.985. The first-order valence-corrected chi connectivity index (χ1v) is 5.54. The molecule has 16 heavy (non-hydrogen) atoms. The van der Waals surface area contributed by atoms with Crippen LogP contribution in [-0.2, 0) is 0 Å². The minimum absolute atomic E-state index is 0.151. The van der Waals surface area contributed by atoms with Gasteiger partial charge in [0, 0.05) is 6.20 Å². The Balaban J connectivity index is 2.63. The summed E-state index contributed by atoms with van der Waals surface area (Å²) in [5.74, 6) is 0.772. The normalized spacial score (nSPS) is 13.3. The molecular weight excluding hydrogens is 202 g/mol. The molecule has 0 spiro atoms. The molecule has 0 aliphatic carbocycles. The minimum atomic E-state index is -0.306. The van der Waals surface area contributed by atoms with Crippen molar-refractivity contribution >= 4 is 6.08 Å². The van der Waals surface area contributed by atoms with Gasteiger partial charge in [-0.2, -0.15) is 0 Å². The molecule has 0 aliphatic heterocycles. The molecule has 1 N–H and O–H groups in total. The van der Waals surface area contributed by atoms with E-state index in [1.807, 2.05) is 32.1 Å². The second-order valence-electron chi connectivity index (χ2n) is 4.11. The molecule has 0 aromatic carbocycles. The first-order valence-electron chi connectivity index (χ1n) is 5.54. The Morgan fingerprint density at radius 1 is 1.38 bits per heavy atom. The summed E-state index contributed by atoms with van der Waals surface area (Å²) in [6.07, 6.45) is 7.83. The summed E-state index contributed by atoms with van der Waals surface area (Å²) < 4.78 is 5.54. The van der Waals surface area contributed by atoms with Gasteiger partial charge in [-0.1, -0.05) is 12.2 Å². The maximum absolute atomic E-state index is 9.11. The van der Waals surface area contributed by atoms with Gasteiger partial charge in [0.1, 0.15) is 5.75 Å². The molecule has 0 saturated heterocycles. The molecule has 1 heterocycles. The van der Waals surface area contributed by atoms with Crippen LogP contribution in [-0.4, -0.2) is 22.3 Å². The van der Waals surface area contributed by atoms with Gasteiger partial charge in [0.25, 0.3) is 0 Å². The van der Waals surface area contributed by atoms with E-state index in [9.17, 15) is 0 Å². The van der Waals surface area contributed by atoms with Crippen LogP contribution < -0.4 is 4.74 Å². The zero-order valence-electron chi connectivity index (χ0n) is 10.1. The van der Waals surface area contributed by atoms with E-state index in [4.69, 9.17) is 9.84 Å². The fraction of sp³-hybridized carbons (Fsp3) is 0.462. The van der Waals surface area contributed by atoms with Gasteiger partial charge in [0.2, 0.25) is 0 Å². The Morgan fingerprint density at radius 3 is 2.75 bits per heavy atom. The first kappa shape index (κ1) is 12.7. The predicted molar refractivity (Wildman–Crippen MR) is 65.3 cm³/mol. The Morgan fingerprint density at radius 2 is 2.12 bits per heavy atom. The summed E-state index contributed by atoms with van der Waals surface area (Å²) in [7, 11) is 0. The molecule has 0 bridgehead atoms. The fourth-order valence-corrected chi connectivity index (χ4v) is 1.26. The Hall–Kier alpha value is -1.35. The summed E-state index contributed by atoms with van der Waals surface area (Å²) in [4.78, 5) is 4.10. The summed E-state index contributed by atoms with van der Waals surface area (Å²) in [5, 5.41) is 9.11. The van der Waals surface area contributed by atoms with Crippen LogP contribution in [0, 0.1) is 0 Å². The second-order valence-corrected chi connectivity index (χ2v) is 4.11. The number of hydrogen-bond donors (Lipinski definition) is 1. The Bertz CT molecular complexity index is 346. The number of hydrogen-bond acceptors (Lipinski definition) is 3. The highest BCUT2D eigenvalue weighted by atomic mass is 16.5. The van der Waals surface area contributed by atoms with Crippen LogP contribution in [0.3, 0.4) is 0 Å². The van der Waals surface area contributed by atoms with Gasteiger partial charge in [-0.25, -0.2) is 0 Å². The summed E-state index contributed by atoms with van der Waals surface area (Å²) in [6.45, 7) is 5.73. The van der Waals surface area contributed by atoms with Gasteiger partial charge < -0.3 is 9.84 Å². The number of rotatable bonds is 5. The molecule has 3 nitrogen and oxygen atoms in total. The van der Waals surface area contributed by atoms with Crippen molar-refractivity contribution in [2.24, 2.45) is 0 Å². The SMILES string of the molecule is CC(C)Oc1cncc(/C=C/C[C@@H](C)O)c1. The monoisotopic (exact) mass is 221 g/mol. The zero-order valence-corrected chi connectivity index (χ0v) is 10.1. The van der Waals surface area contributed by atoms with Crippen molar-refractivity contribution in [1.29, 1.82) is 0 Å². The highest BCUT2D eigenvalue weighted by Crippen LogP contribution is 2.14. The molecule has 1 aromatic rings. The second kappa shape index (κ2) is 6.28. The largest absolute Gasteiger partial charge is 0.489 e. The van der Waals surface area contributed by atoms with Crippen molar-refractivity contribution in [3.8, 4) is 5.75 Å². The standard InChI is InChI=1S/C13H19NO2/c1-10(2)16-13-7-12(8-14-9-13)6-4-5-11(3)15/h4,6-11,15H,5H2,1-3H3/b6-4+/t11-/m1/s1. The third-order valence-corrected chi connectivity index (χ3v) is 1.89. The number of aromatic nitrogens is 1. The number of pyridine rings is 1. The Kier molecular flexibility index (Phi) is 4.99. The number of ether oxygens (including phenoxy) is 1. The topological polar surface area (TPSA) is 42.4 Å². The molecule has 88 valence electrons. The van der Waals surface area contributed by atoms with Gasteiger partial charge in [-0.15, -0.1) is 0 Å². The van der Waals surface area contributed by atoms with Gasteiger partial charge in [0.05, 0.1) is 18.4 Å². The molecule has 0 unspecified atom stereocenters. The highest BCUT2D eigenvalue weighted by Gasteiger charge is 1.98. The van der Waals surface area contributed by atoms with Crippen LogP contribution in [0.1, 0.15) is 32.8 Å². The average Bonchev–Trinajstić information content (AvgIpc) is 2.16. The Labute approximate surface area is 96.8 Å². The van der Waals surface area contributed by atoms with E-state index in [0.29, 0.717) is 6.42 Å². The van der Waals surface area contributed by atoms with E-state index in [2.05, 4.69) is 4.98 Å². The van der Waals surface area contributed by atoms with Crippen molar-refractivity contribution in [3.63, 3.8) is 0 Å². The molecule has 3 heteroatoms. The lowest BCUT2D eigenvalue weighted by Gasteiger charge is -2.09. The molecule has 1 aromatic heterocycles. The van der Waals surface area contributed by atoms with Crippen LogP contribution in [0.2, 0.25) is 0 Å². The van der Waals surface area contributed by atoms with E-state index in [0.717, 1.165) is 11.3 Å². The van der Waals surface area contributed by atoms with E-state index in [1.54, 1.807) is 19.3 Å². The molecule has 1 rings (SSSR count). The third-order valence-electron chi connectivity index (χ3n) is 1.89. The molecule has 1 atom stereocenters. The fourth-order valence-electron chi connectivity index (χ4n) is 1.26. The molecule has 0 fully saturated rings. The predicted octanol–water partition coefficient (Wildman–Crippen LogP) is 2.65. The lowest BCUT2D eigenvalue weighted by atomic mass is 10.2. The van der Waals surface area contributed by atoms with Gasteiger partial charge >= 0.3 is 0 Å². The van der Waals surface area contributed by atoms with Crippen LogP contribution in [0.5, 0.6) is 5.75 Å².